The molecule has 0 aliphatic rings. The van der Waals surface area contributed by atoms with E-state index in [0.29, 0.717) is 12.0 Å². The van der Waals surface area contributed by atoms with Crippen LogP contribution in [0.15, 0.2) is 24.3 Å². The summed E-state index contributed by atoms with van der Waals surface area (Å²) in [6.07, 6.45) is 1.21. The second-order valence-corrected chi connectivity index (χ2v) is 5.82. The van der Waals surface area contributed by atoms with Crippen LogP contribution in [0.2, 0.25) is 0 Å². The lowest BCUT2D eigenvalue weighted by Crippen LogP contribution is -2.38. The summed E-state index contributed by atoms with van der Waals surface area (Å²) in [6.45, 7) is 12.3. The van der Waals surface area contributed by atoms with Crippen molar-refractivity contribution >= 4 is 0 Å². The number of nitrogens with zero attached hydrogens (tertiary/aromatic N) is 1. The molecule has 0 saturated heterocycles. The predicted molar refractivity (Wildman–Crippen MR) is 84.4 cm³/mol. The number of nitrogens with one attached hydrogen (secondary N) is 1. The Labute approximate surface area is 119 Å². The average molecular weight is 262 g/mol. The highest BCUT2D eigenvalue weighted by Gasteiger charge is 2.16. The van der Waals surface area contributed by atoms with Crippen LogP contribution in [0.1, 0.15) is 38.3 Å². The summed E-state index contributed by atoms with van der Waals surface area (Å²) >= 11 is 0. The van der Waals surface area contributed by atoms with Crippen LogP contribution in [0.4, 0.5) is 0 Å². The molecule has 2 heteroatoms. The molecule has 1 rings (SSSR count). The van der Waals surface area contributed by atoms with Gasteiger partial charge in [-0.2, -0.15) is 0 Å². The van der Waals surface area contributed by atoms with E-state index in [9.17, 15) is 0 Å². The van der Waals surface area contributed by atoms with Gasteiger partial charge >= 0.3 is 0 Å². The normalized spacial score (nSPS) is 14.6. The maximum atomic E-state index is 3.52. The van der Waals surface area contributed by atoms with E-state index in [4.69, 9.17) is 0 Å². The Balaban J connectivity index is 2.42. The Morgan fingerprint density at radius 3 is 2.37 bits per heavy atom. The molecule has 0 fully saturated rings. The van der Waals surface area contributed by atoms with Gasteiger partial charge in [-0.15, -0.1) is 0 Å². The first-order valence-electron chi connectivity index (χ1n) is 7.51. The standard InChI is InChI=1S/C17H30N2/c1-6-11-18-12-15(3)16(4)19(5)13-17-9-7-14(2)8-10-17/h7-10,15-16,18H,6,11-13H2,1-5H3. The molecule has 0 saturated carbocycles. The van der Waals surface area contributed by atoms with E-state index < -0.39 is 0 Å². The number of aryl methyl sites for hydroxylation is 1. The predicted octanol–water partition coefficient (Wildman–Crippen LogP) is 3.45. The van der Waals surface area contributed by atoms with Gasteiger partial charge < -0.3 is 5.32 Å². The monoisotopic (exact) mass is 262 g/mol. The summed E-state index contributed by atoms with van der Waals surface area (Å²) in [5.74, 6) is 0.669. The fraction of sp³-hybridized carbons (Fsp3) is 0.647. The number of hydrogen-bond acceptors (Lipinski definition) is 2. The SMILES string of the molecule is CCCNCC(C)C(C)N(C)Cc1ccc(C)cc1. The van der Waals surface area contributed by atoms with Crippen LogP contribution >= 0.6 is 0 Å². The van der Waals surface area contributed by atoms with Gasteiger partial charge in [-0.05, 0) is 51.9 Å². The van der Waals surface area contributed by atoms with Crippen molar-refractivity contribution in [2.45, 2.75) is 46.7 Å². The first kappa shape index (κ1) is 16.2. The molecule has 2 nitrogen and oxygen atoms in total. The van der Waals surface area contributed by atoms with Crippen LogP contribution in [0, 0.1) is 12.8 Å². The summed E-state index contributed by atoms with van der Waals surface area (Å²) in [5.41, 5.74) is 2.73. The first-order chi connectivity index (χ1) is 9.04. The second-order valence-electron chi connectivity index (χ2n) is 5.82. The van der Waals surface area contributed by atoms with Crippen molar-refractivity contribution in [2.24, 2.45) is 5.92 Å². The average Bonchev–Trinajstić information content (AvgIpc) is 2.40. The Morgan fingerprint density at radius 2 is 1.79 bits per heavy atom. The van der Waals surface area contributed by atoms with E-state index >= 15 is 0 Å². The Kier molecular flexibility index (Phi) is 7.11. The maximum Gasteiger partial charge on any atom is 0.0233 e. The molecule has 1 aromatic rings. The molecule has 0 radical (unpaired) electrons. The van der Waals surface area contributed by atoms with Gasteiger partial charge in [0, 0.05) is 12.6 Å². The molecule has 0 aliphatic carbocycles. The van der Waals surface area contributed by atoms with Crippen LogP contribution in [0.25, 0.3) is 0 Å². The van der Waals surface area contributed by atoms with Crippen molar-refractivity contribution in [3.8, 4) is 0 Å². The molecule has 19 heavy (non-hydrogen) atoms. The van der Waals surface area contributed by atoms with Gasteiger partial charge in [0.1, 0.15) is 0 Å². The van der Waals surface area contributed by atoms with Gasteiger partial charge in [-0.3, -0.25) is 4.90 Å². The largest absolute Gasteiger partial charge is 0.316 e. The molecule has 0 spiro atoms. The van der Waals surface area contributed by atoms with Crippen LogP contribution < -0.4 is 5.32 Å². The molecule has 108 valence electrons. The highest BCUT2D eigenvalue weighted by molar-refractivity contribution is 5.21. The molecule has 1 N–H and O–H groups in total. The van der Waals surface area contributed by atoms with E-state index in [0.717, 1.165) is 19.6 Å². The lowest BCUT2D eigenvalue weighted by atomic mass is 10.0. The molecule has 0 heterocycles. The minimum atomic E-state index is 0.589. The van der Waals surface area contributed by atoms with E-state index in [2.05, 4.69) is 69.2 Å². The van der Waals surface area contributed by atoms with Crippen molar-refractivity contribution in [3.63, 3.8) is 0 Å². The van der Waals surface area contributed by atoms with Crippen molar-refractivity contribution in [1.82, 2.24) is 10.2 Å². The third-order valence-corrected chi connectivity index (χ3v) is 3.96. The van der Waals surface area contributed by atoms with Crippen molar-refractivity contribution in [1.29, 1.82) is 0 Å². The van der Waals surface area contributed by atoms with Crippen molar-refractivity contribution in [3.05, 3.63) is 35.4 Å². The highest BCUT2D eigenvalue weighted by Crippen LogP contribution is 2.13. The molecule has 0 aromatic heterocycles. The zero-order valence-corrected chi connectivity index (χ0v) is 13.2. The minimum absolute atomic E-state index is 0.589. The Morgan fingerprint density at radius 1 is 1.16 bits per heavy atom. The lowest BCUT2D eigenvalue weighted by Gasteiger charge is -2.30. The maximum absolute atomic E-state index is 3.52. The summed E-state index contributed by atoms with van der Waals surface area (Å²) in [4.78, 5) is 2.45. The summed E-state index contributed by atoms with van der Waals surface area (Å²) < 4.78 is 0. The highest BCUT2D eigenvalue weighted by atomic mass is 15.1. The molecule has 0 bridgehead atoms. The van der Waals surface area contributed by atoms with Crippen LogP contribution in [0.3, 0.4) is 0 Å². The third-order valence-electron chi connectivity index (χ3n) is 3.96. The molecule has 0 aliphatic heterocycles. The molecular formula is C17H30N2. The third kappa shape index (κ3) is 5.75. The van der Waals surface area contributed by atoms with Gasteiger partial charge in [0.2, 0.25) is 0 Å². The number of benzene rings is 1. The zero-order chi connectivity index (χ0) is 14.3. The first-order valence-corrected chi connectivity index (χ1v) is 7.51. The Bertz CT molecular complexity index is 345. The molecule has 1 aromatic carbocycles. The van der Waals surface area contributed by atoms with Crippen molar-refractivity contribution in [2.75, 3.05) is 20.1 Å². The zero-order valence-electron chi connectivity index (χ0n) is 13.2. The Hall–Kier alpha value is -0.860. The van der Waals surface area contributed by atoms with Gasteiger partial charge in [-0.1, -0.05) is 43.7 Å². The molecule has 2 unspecified atom stereocenters. The van der Waals surface area contributed by atoms with Gasteiger partial charge in [0.15, 0.2) is 0 Å². The molecular weight excluding hydrogens is 232 g/mol. The topological polar surface area (TPSA) is 15.3 Å². The summed E-state index contributed by atoms with van der Waals surface area (Å²) in [5, 5.41) is 3.52. The summed E-state index contributed by atoms with van der Waals surface area (Å²) in [7, 11) is 2.22. The van der Waals surface area contributed by atoms with E-state index in [1.807, 2.05) is 0 Å². The van der Waals surface area contributed by atoms with E-state index in [1.54, 1.807) is 0 Å². The summed E-state index contributed by atoms with van der Waals surface area (Å²) in [6, 6.07) is 9.45. The van der Waals surface area contributed by atoms with E-state index in [1.165, 1.54) is 17.5 Å². The van der Waals surface area contributed by atoms with Gasteiger partial charge in [0.25, 0.3) is 0 Å². The van der Waals surface area contributed by atoms with E-state index in [-0.39, 0.29) is 0 Å². The molecule has 2 atom stereocenters. The van der Waals surface area contributed by atoms with Crippen LogP contribution in [-0.4, -0.2) is 31.1 Å². The smallest absolute Gasteiger partial charge is 0.0233 e. The minimum Gasteiger partial charge on any atom is -0.316 e. The quantitative estimate of drug-likeness (QED) is 0.722. The fourth-order valence-corrected chi connectivity index (χ4v) is 2.24. The fourth-order valence-electron chi connectivity index (χ4n) is 2.24. The van der Waals surface area contributed by atoms with Crippen LogP contribution in [-0.2, 0) is 6.54 Å². The lowest BCUT2D eigenvalue weighted by molar-refractivity contribution is 0.189. The number of hydrogen-bond donors (Lipinski definition) is 1. The molecule has 0 amide bonds. The second kappa shape index (κ2) is 8.34. The number of rotatable bonds is 8. The van der Waals surface area contributed by atoms with Gasteiger partial charge in [0.05, 0.1) is 0 Å². The van der Waals surface area contributed by atoms with Gasteiger partial charge in [-0.25, -0.2) is 0 Å². The van der Waals surface area contributed by atoms with Crippen molar-refractivity contribution < 1.29 is 0 Å². The van der Waals surface area contributed by atoms with Crippen LogP contribution in [0.5, 0.6) is 0 Å².